The molecular weight excluding hydrogens is 246 g/mol. The van der Waals surface area contributed by atoms with E-state index in [1.54, 1.807) is 0 Å². The lowest BCUT2D eigenvalue weighted by Gasteiger charge is -2.33. The molecule has 1 aliphatic carbocycles. The maximum absolute atomic E-state index is 6.11. The van der Waals surface area contributed by atoms with Gasteiger partial charge in [-0.15, -0.1) is 0 Å². The maximum atomic E-state index is 6.11. The number of halogens is 1. The Labute approximate surface area is 114 Å². The van der Waals surface area contributed by atoms with Crippen LogP contribution >= 0.6 is 11.6 Å². The van der Waals surface area contributed by atoms with Crippen LogP contribution in [0.25, 0.3) is 0 Å². The number of aromatic nitrogens is 2. The van der Waals surface area contributed by atoms with E-state index >= 15 is 0 Å². The van der Waals surface area contributed by atoms with E-state index in [9.17, 15) is 0 Å². The second-order valence-corrected chi connectivity index (χ2v) is 6.04. The van der Waals surface area contributed by atoms with Crippen LogP contribution in [0.5, 0.6) is 0 Å². The van der Waals surface area contributed by atoms with E-state index in [1.165, 1.54) is 19.3 Å². The first-order valence-corrected chi connectivity index (χ1v) is 7.12. The number of hydrogen-bond acceptors (Lipinski definition) is 3. The zero-order valence-corrected chi connectivity index (χ0v) is 12.4. The fourth-order valence-electron chi connectivity index (χ4n) is 2.79. The molecule has 1 saturated carbocycles. The number of rotatable bonds is 2. The summed E-state index contributed by atoms with van der Waals surface area (Å²) in [5, 5.41) is 4.12. The minimum absolute atomic E-state index is 0.505. The van der Waals surface area contributed by atoms with E-state index < -0.39 is 0 Å². The summed E-state index contributed by atoms with van der Waals surface area (Å²) >= 11 is 6.11. The number of nitrogens with one attached hydrogen (secondary N) is 1. The molecule has 4 heteroatoms. The van der Waals surface area contributed by atoms with E-state index in [1.807, 2.05) is 13.8 Å². The van der Waals surface area contributed by atoms with Crippen LogP contribution in [0, 0.1) is 25.7 Å². The highest BCUT2D eigenvalue weighted by Crippen LogP contribution is 2.31. The molecule has 1 fully saturated rings. The molecule has 0 bridgehead atoms. The van der Waals surface area contributed by atoms with E-state index in [2.05, 4.69) is 29.1 Å². The topological polar surface area (TPSA) is 37.8 Å². The lowest BCUT2D eigenvalue weighted by atomic mass is 9.80. The molecule has 0 amide bonds. The van der Waals surface area contributed by atoms with Crippen molar-refractivity contribution in [2.45, 2.75) is 53.0 Å². The Hall–Kier alpha value is -0.830. The first-order chi connectivity index (χ1) is 8.47. The van der Waals surface area contributed by atoms with E-state index in [0.29, 0.717) is 17.1 Å². The van der Waals surface area contributed by atoms with Gasteiger partial charge in [0.05, 0.1) is 0 Å². The molecule has 3 nitrogen and oxygen atoms in total. The first-order valence-electron chi connectivity index (χ1n) is 6.74. The van der Waals surface area contributed by atoms with Crippen molar-refractivity contribution in [3.8, 4) is 0 Å². The van der Waals surface area contributed by atoms with E-state index in [-0.39, 0.29) is 0 Å². The molecule has 2 rings (SSSR count). The number of hydrogen-bond donors (Lipinski definition) is 1. The van der Waals surface area contributed by atoms with Crippen molar-refractivity contribution in [1.29, 1.82) is 0 Å². The minimum Gasteiger partial charge on any atom is -0.367 e. The summed E-state index contributed by atoms with van der Waals surface area (Å²) in [6.07, 6.45) is 3.79. The molecule has 18 heavy (non-hydrogen) atoms. The fraction of sp³-hybridized carbons (Fsp3) is 0.714. The predicted octanol–water partition coefficient (Wildman–Crippen LogP) is 3.98. The van der Waals surface area contributed by atoms with Crippen molar-refractivity contribution in [3.63, 3.8) is 0 Å². The molecule has 0 saturated heterocycles. The number of aryl methyl sites for hydroxylation is 1. The molecule has 100 valence electrons. The summed E-state index contributed by atoms with van der Waals surface area (Å²) in [6.45, 7) is 8.51. The van der Waals surface area contributed by atoms with Gasteiger partial charge in [-0.3, -0.25) is 0 Å². The largest absolute Gasteiger partial charge is 0.367 e. The summed E-state index contributed by atoms with van der Waals surface area (Å²) < 4.78 is 0. The highest BCUT2D eigenvalue weighted by atomic mass is 35.5. The van der Waals surface area contributed by atoms with Crippen molar-refractivity contribution >= 4 is 17.4 Å². The van der Waals surface area contributed by atoms with Gasteiger partial charge >= 0.3 is 0 Å². The molecule has 0 spiro atoms. The number of anilines is 1. The maximum Gasteiger partial charge on any atom is 0.137 e. The number of nitrogens with zero attached hydrogens (tertiary/aromatic N) is 2. The van der Waals surface area contributed by atoms with Gasteiger partial charge in [0.1, 0.15) is 16.8 Å². The predicted molar refractivity (Wildman–Crippen MR) is 76.1 cm³/mol. The Balaban J connectivity index is 2.14. The zero-order valence-electron chi connectivity index (χ0n) is 11.6. The van der Waals surface area contributed by atoms with Crippen molar-refractivity contribution in [2.75, 3.05) is 5.32 Å². The monoisotopic (exact) mass is 267 g/mol. The van der Waals surface area contributed by atoms with Crippen LogP contribution < -0.4 is 5.32 Å². The van der Waals surface area contributed by atoms with Crippen LogP contribution in [-0.4, -0.2) is 16.0 Å². The molecule has 0 aliphatic heterocycles. The second kappa shape index (κ2) is 5.43. The van der Waals surface area contributed by atoms with Crippen molar-refractivity contribution in [2.24, 2.45) is 11.8 Å². The Morgan fingerprint density at radius 3 is 2.56 bits per heavy atom. The second-order valence-electron chi connectivity index (χ2n) is 5.68. The summed E-state index contributed by atoms with van der Waals surface area (Å²) in [6, 6.07) is 0.505. The molecule has 1 aromatic heterocycles. The highest BCUT2D eigenvalue weighted by Gasteiger charge is 2.26. The third kappa shape index (κ3) is 2.94. The fourth-order valence-corrected chi connectivity index (χ4v) is 3.00. The van der Waals surface area contributed by atoms with Crippen LogP contribution in [-0.2, 0) is 0 Å². The van der Waals surface area contributed by atoms with Crippen molar-refractivity contribution in [1.82, 2.24) is 9.97 Å². The Morgan fingerprint density at radius 2 is 1.89 bits per heavy atom. The third-order valence-corrected chi connectivity index (χ3v) is 4.32. The van der Waals surface area contributed by atoms with Gasteiger partial charge in [-0.25, -0.2) is 9.97 Å². The van der Waals surface area contributed by atoms with Crippen LogP contribution in [0.2, 0.25) is 5.15 Å². The van der Waals surface area contributed by atoms with Gasteiger partial charge in [-0.05, 0) is 44.9 Å². The van der Waals surface area contributed by atoms with Gasteiger partial charge in [-0.2, -0.15) is 0 Å². The van der Waals surface area contributed by atoms with Crippen LogP contribution in [0.3, 0.4) is 0 Å². The lowest BCUT2D eigenvalue weighted by Crippen LogP contribution is -2.33. The van der Waals surface area contributed by atoms with Gasteiger partial charge in [0.25, 0.3) is 0 Å². The molecule has 0 aromatic carbocycles. The molecule has 3 atom stereocenters. The van der Waals surface area contributed by atoms with Crippen LogP contribution in [0.1, 0.15) is 44.5 Å². The van der Waals surface area contributed by atoms with Gasteiger partial charge in [0.15, 0.2) is 0 Å². The summed E-state index contributed by atoms with van der Waals surface area (Å²) in [4.78, 5) is 8.65. The average Bonchev–Trinajstić information content (AvgIpc) is 2.29. The molecule has 3 unspecified atom stereocenters. The van der Waals surface area contributed by atoms with Crippen LogP contribution in [0.15, 0.2) is 0 Å². The quantitative estimate of drug-likeness (QED) is 0.824. The van der Waals surface area contributed by atoms with Gasteiger partial charge in [0, 0.05) is 11.6 Å². The summed E-state index contributed by atoms with van der Waals surface area (Å²) in [7, 11) is 0. The molecule has 1 aromatic rings. The van der Waals surface area contributed by atoms with E-state index in [4.69, 9.17) is 11.6 Å². The lowest BCUT2D eigenvalue weighted by molar-refractivity contribution is 0.276. The zero-order chi connectivity index (χ0) is 13.3. The highest BCUT2D eigenvalue weighted by molar-refractivity contribution is 6.30. The Bertz CT molecular complexity index is 433. The molecule has 1 heterocycles. The third-order valence-electron chi connectivity index (χ3n) is 3.95. The summed E-state index contributed by atoms with van der Waals surface area (Å²) in [5.41, 5.74) is 0.952. The molecule has 1 N–H and O–H groups in total. The Morgan fingerprint density at radius 1 is 1.17 bits per heavy atom. The SMILES string of the molecule is Cc1nc(Cl)c(C)c(NC2CCC(C)CC2C)n1. The minimum atomic E-state index is 0.505. The van der Waals surface area contributed by atoms with Gasteiger partial charge < -0.3 is 5.32 Å². The van der Waals surface area contributed by atoms with Crippen molar-refractivity contribution in [3.05, 3.63) is 16.5 Å². The Kier molecular flexibility index (Phi) is 4.10. The normalized spacial score (nSPS) is 28.2. The van der Waals surface area contributed by atoms with Crippen LogP contribution in [0.4, 0.5) is 5.82 Å². The van der Waals surface area contributed by atoms with Gasteiger partial charge in [-0.1, -0.05) is 25.4 Å². The van der Waals surface area contributed by atoms with Crippen molar-refractivity contribution < 1.29 is 0 Å². The molecule has 1 aliphatic rings. The first kappa shape index (κ1) is 13.6. The van der Waals surface area contributed by atoms with Gasteiger partial charge in [0.2, 0.25) is 0 Å². The average molecular weight is 268 g/mol. The molecular formula is C14H22ClN3. The standard InChI is InChI=1S/C14H22ClN3/c1-8-5-6-12(9(2)7-8)18-14-10(3)13(15)16-11(4)17-14/h8-9,12H,5-7H2,1-4H3,(H,16,17,18). The smallest absolute Gasteiger partial charge is 0.137 e. The summed E-state index contributed by atoms with van der Waals surface area (Å²) in [5.74, 6) is 3.15. The molecule has 0 radical (unpaired) electrons. The van der Waals surface area contributed by atoms with E-state index in [0.717, 1.165) is 23.1 Å².